The van der Waals surface area contributed by atoms with Crippen molar-refractivity contribution in [3.8, 4) is 34.2 Å². The van der Waals surface area contributed by atoms with Gasteiger partial charge in [0.15, 0.2) is 5.82 Å². The summed E-state index contributed by atoms with van der Waals surface area (Å²) in [6.07, 6.45) is 8.54. The van der Waals surface area contributed by atoms with Crippen molar-refractivity contribution >= 4 is 21.9 Å². The van der Waals surface area contributed by atoms with Gasteiger partial charge in [-0.2, -0.15) is 5.10 Å². The average molecular weight is 379 g/mol. The van der Waals surface area contributed by atoms with E-state index in [4.69, 9.17) is 9.40 Å². The van der Waals surface area contributed by atoms with Gasteiger partial charge in [-0.25, -0.2) is 4.98 Å². The molecule has 0 unspecified atom stereocenters. The lowest BCUT2D eigenvalue weighted by atomic mass is 10.1. The molecule has 0 spiro atoms. The minimum atomic E-state index is 0.655. The second-order valence-corrected chi connectivity index (χ2v) is 6.56. The highest BCUT2D eigenvalue weighted by atomic mass is 16.3. The second kappa shape index (κ2) is 6.10. The molecule has 29 heavy (non-hydrogen) atoms. The number of hydrogen-bond donors (Lipinski definition) is 2. The van der Waals surface area contributed by atoms with Crippen molar-refractivity contribution in [3.05, 3.63) is 67.5 Å². The summed E-state index contributed by atoms with van der Waals surface area (Å²) in [6, 6.07) is 11.5. The molecular formula is C21H13N7O. The number of rotatable bonds is 3. The summed E-state index contributed by atoms with van der Waals surface area (Å²) in [5.74, 6) is 0.655. The summed E-state index contributed by atoms with van der Waals surface area (Å²) in [7, 11) is 0. The van der Waals surface area contributed by atoms with Gasteiger partial charge in [-0.3, -0.25) is 20.1 Å². The Labute approximate surface area is 163 Å². The highest BCUT2D eigenvalue weighted by Gasteiger charge is 2.17. The molecule has 0 aliphatic carbocycles. The van der Waals surface area contributed by atoms with E-state index >= 15 is 0 Å². The normalized spacial score (nSPS) is 11.4. The summed E-state index contributed by atoms with van der Waals surface area (Å²) in [6.45, 7) is 0. The minimum absolute atomic E-state index is 0.655. The first-order valence-electron chi connectivity index (χ1n) is 9.00. The zero-order valence-electron chi connectivity index (χ0n) is 15.0. The first-order chi connectivity index (χ1) is 14.4. The number of pyridine rings is 3. The highest BCUT2D eigenvalue weighted by molar-refractivity contribution is 5.96. The van der Waals surface area contributed by atoms with E-state index < -0.39 is 0 Å². The maximum atomic E-state index is 5.20. The van der Waals surface area contributed by atoms with Crippen LogP contribution in [-0.2, 0) is 0 Å². The Morgan fingerprint density at radius 3 is 2.72 bits per heavy atom. The third-order valence-electron chi connectivity index (χ3n) is 4.79. The molecule has 6 aromatic rings. The number of H-pyrrole nitrogens is 2. The lowest BCUT2D eigenvalue weighted by Gasteiger charge is -2.00. The lowest BCUT2D eigenvalue weighted by Crippen LogP contribution is -1.87. The summed E-state index contributed by atoms with van der Waals surface area (Å²) in [5, 5.41) is 8.41. The van der Waals surface area contributed by atoms with Gasteiger partial charge in [0, 0.05) is 23.3 Å². The summed E-state index contributed by atoms with van der Waals surface area (Å²) >= 11 is 0. The standard InChI is InChI=1S/C21H13N7O/c1-2-6-22-14(3-1)16-9-13-17(10-24-16)27-28-19(13)21-25-15-4-7-23-18(20(15)26-21)12-5-8-29-11-12/h1-11H,(H,25,26)(H,27,28). The van der Waals surface area contributed by atoms with E-state index in [1.54, 1.807) is 31.1 Å². The van der Waals surface area contributed by atoms with Crippen LogP contribution in [0, 0.1) is 0 Å². The van der Waals surface area contributed by atoms with Crippen LogP contribution in [0.25, 0.3) is 56.1 Å². The lowest BCUT2D eigenvalue weighted by molar-refractivity contribution is 0.568. The molecule has 6 rings (SSSR count). The van der Waals surface area contributed by atoms with E-state index in [-0.39, 0.29) is 0 Å². The van der Waals surface area contributed by atoms with Crippen molar-refractivity contribution in [3.63, 3.8) is 0 Å². The molecule has 6 heterocycles. The van der Waals surface area contributed by atoms with Gasteiger partial charge in [-0.15, -0.1) is 0 Å². The van der Waals surface area contributed by atoms with Crippen LogP contribution in [0.15, 0.2) is 71.9 Å². The van der Waals surface area contributed by atoms with Gasteiger partial charge in [-0.1, -0.05) is 6.07 Å². The zero-order chi connectivity index (χ0) is 19.2. The average Bonchev–Trinajstić information content (AvgIpc) is 3.52. The van der Waals surface area contributed by atoms with E-state index in [1.165, 1.54) is 0 Å². The largest absolute Gasteiger partial charge is 0.472 e. The highest BCUT2D eigenvalue weighted by Crippen LogP contribution is 2.31. The van der Waals surface area contributed by atoms with Crippen molar-refractivity contribution in [1.29, 1.82) is 0 Å². The predicted octanol–water partition coefficient (Wildman–Crippen LogP) is 4.22. The second-order valence-electron chi connectivity index (χ2n) is 6.56. The molecule has 0 atom stereocenters. The molecule has 6 aromatic heterocycles. The van der Waals surface area contributed by atoms with Crippen molar-refractivity contribution in [1.82, 2.24) is 35.1 Å². The van der Waals surface area contributed by atoms with Crippen molar-refractivity contribution in [2.24, 2.45) is 0 Å². The third-order valence-corrected chi connectivity index (χ3v) is 4.79. The van der Waals surface area contributed by atoms with Crippen LogP contribution >= 0.6 is 0 Å². The van der Waals surface area contributed by atoms with Gasteiger partial charge >= 0.3 is 0 Å². The molecular weight excluding hydrogens is 366 g/mol. The molecule has 2 N–H and O–H groups in total. The Morgan fingerprint density at radius 2 is 1.86 bits per heavy atom. The van der Waals surface area contributed by atoms with Crippen LogP contribution in [0.4, 0.5) is 0 Å². The summed E-state index contributed by atoms with van der Waals surface area (Å²) < 4.78 is 5.20. The molecule has 0 amide bonds. The molecule has 0 aromatic carbocycles. The minimum Gasteiger partial charge on any atom is -0.472 e. The number of imidazole rings is 1. The number of aromatic amines is 2. The maximum absolute atomic E-state index is 5.20. The Balaban J connectivity index is 1.53. The number of hydrogen-bond acceptors (Lipinski definition) is 6. The quantitative estimate of drug-likeness (QED) is 0.476. The van der Waals surface area contributed by atoms with E-state index in [0.717, 1.165) is 44.6 Å². The van der Waals surface area contributed by atoms with Crippen molar-refractivity contribution in [2.75, 3.05) is 0 Å². The number of furan rings is 1. The van der Waals surface area contributed by atoms with Crippen molar-refractivity contribution in [2.45, 2.75) is 0 Å². The monoisotopic (exact) mass is 379 g/mol. The first kappa shape index (κ1) is 15.7. The SMILES string of the molecule is c1ccc(-c2cc3c(-c4nc5c(-c6ccoc6)nccc5[nH]4)n[nH]c3cn2)nc1. The molecule has 0 fully saturated rings. The fraction of sp³-hybridized carbons (Fsp3) is 0. The Morgan fingerprint density at radius 1 is 0.862 bits per heavy atom. The number of aromatic nitrogens is 7. The number of fused-ring (bicyclic) bond motifs is 2. The van der Waals surface area contributed by atoms with Crippen molar-refractivity contribution < 1.29 is 4.42 Å². The molecule has 138 valence electrons. The fourth-order valence-corrected chi connectivity index (χ4v) is 3.41. The topological polar surface area (TPSA) is 109 Å². The van der Waals surface area contributed by atoms with Gasteiger partial charge in [-0.05, 0) is 30.3 Å². The Kier molecular flexibility index (Phi) is 3.30. The van der Waals surface area contributed by atoms with Gasteiger partial charge in [0.1, 0.15) is 16.9 Å². The zero-order valence-corrected chi connectivity index (χ0v) is 15.0. The molecule has 8 nitrogen and oxygen atoms in total. The van der Waals surface area contributed by atoms with Crippen LogP contribution in [-0.4, -0.2) is 35.1 Å². The summed E-state index contributed by atoms with van der Waals surface area (Å²) in [5.41, 5.74) is 6.40. The molecule has 0 aliphatic rings. The van der Waals surface area contributed by atoms with Crippen LogP contribution < -0.4 is 0 Å². The van der Waals surface area contributed by atoms with Crippen LogP contribution in [0.2, 0.25) is 0 Å². The smallest absolute Gasteiger partial charge is 0.159 e. The number of nitrogens with one attached hydrogen (secondary N) is 2. The molecule has 0 radical (unpaired) electrons. The van der Waals surface area contributed by atoms with Crippen LogP contribution in [0.5, 0.6) is 0 Å². The molecule has 8 heteroatoms. The van der Waals surface area contributed by atoms with Gasteiger partial charge < -0.3 is 9.40 Å². The van der Waals surface area contributed by atoms with E-state index in [2.05, 4.69) is 30.1 Å². The molecule has 0 saturated carbocycles. The van der Waals surface area contributed by atoms with Gasteiger partial charge in [0.05, 0.1) is 41.1 Å². The van der Waals surface area contributed by atoms with Gasteiger partial charge in [0.25, 0.3) is 0 Å². The number of nitrogens with zero attached hydrogens (tertiary/aromatic N) is 5. The van der Waals surface area contributed by atoms with Gasteiger partial charge in [0.2, 0.25) is 0 Å². The predicted molar refractivity (Wildman–Crippen MR) is 108 cm³/mol. The fourth-order valence-electron chi connectivity index (χ4n) is 3.41. The van der Waals surface area contributed by atoms with E-state index in [9.17, 15) is 0 Å². The Bertz CT molecular complexity index is 1450. The maximum Gasteiger partial charge on any atom is 0.159 e. The van der Waals surface area contributed by atoms with E-state index in [1.807, 2.05) is 36.4 Å². The molecule has 0 bridgehead atoms. The first-order valence-corrected chi connectivity index (χ1v) is 9.00. The Hall–Kier alpha value is -4.33. The van der Waals surface area contributed by atoms with E-state index in [0.29, 0.717) is 11.5 Å². The molecule has 0 saturated heterocycles. The third kappa shape index (κ3) is 2.50. The summed E-state index contributed by atoms with van der Waals surface area (Å²) in [4.78, 5) is 21.5. The molecule has 0 aliphatic heterocycles. The van der Waals surface area contributed by atoms with Crippen LogP contribution in [0.1, 0.15) is 0 Å². The van der Waals surface area contributed by atoms with Crippen LogP contribution in [0.3, 0.4) is 0 Å².